The Morgan fingerprint density at radius 3 is 2.74 bits per heavy atom. The Morgan fingerprint density at radius 1 is 1.15 bits per heavy atom. The molecule has 0 spiro atoms. The van der Waals surface area contributed by atoms with E-state index in [1.54, 1.807) is 0 Å². The minimum Gasteiger partial charge on any atom is -0.377 e. The number of amides is 1. The molecule has 0 saturated carbocycles. The zero-order valence-corrected chi connectivity index (χ0v) is 18.4. The first-order chi connectivity index (χ1) is 13.2. The first-order valence-electron chi connectivity index (χ1n) is 10.1. The maximum absolute atomic E-state index is 12.7. The molecule has 1 amide bonds. The fourth-order valence-corrected chi connectivity index (χ4v) is 4.22. The number of carbonyl (C=O) groups is 1. The van der Waals surface area contributed by atoms with Crippen LogP contribution >= 0.6 is 22.6 Å². The molecule has 0 N–H and O–H groups in total. The van der Waals surface area contributed by atoms with Crippen molar-refractivity contribution in [3.8, 4) is 0 Å². The summed E-state index contributed by atoms with van der Waals surface area (Å²) in [6.45, 7) is 6.05. The second-order valence-corrected chi connectivity index (χ2v) is 8.57. The van der Waals surface area contributed by atoms with Crippen molar-refractivity contribution < 1.29 is 9.53 Å². The lowest BCUT2D eigenvalue weighted by atomic mass is 9.94. The molecule has 0 bridgehead atoms. The van der Waals surface area contributed by atoms with E-state index < -0.39 is 0 Å². The molecule has 1 aliphatic rings. The Bertz CT molecular complexity index is 600. The number of benzene rings is 1. The van der Waals surface area contributed by atoms with Crippen LogP contribution in [-0.2, 0) is 16.1 Å². The number of hydrogen-bond acceptors (Lipinski definition) is 2. The molecule has 1 aromatic carbocycles. The molecule has 0 aromatic heterocycles. The second-order valence-electron chi connectivity index (χ2n) is 7.18. The first-order valence-corrected chi connectivity index (χ1v) is 11.2. The van der Waals surface area contributed by atoms with Crippen molar-refractivity contribution in [1.82, 2.24) is 4.90 Å². The first kappa shape index (κ1) is 22.2. The van der Waals surface area contributed by atoms with Crippen LogP contribution in [0.1, 0.15) is 56.9 Å². The van der Waals surface area contributed by atoms with E-state index in [9.17, 15) is 4.79 Å². The van der Waals surface area contributed by atoms with E-state index in [-0.39, 0.29) is 5.92 Å². The van der Waals surface area contributed by atoms with Crippen molar-refractivity contribution >= 4 is 28.5 Å². The van der Waals surface area contributed by atoms with Gasteiger partial charge in [0.2, 0.25) is 5.91 Å². The number of rotatable bonds is 13. The van der Waals surface area contributed by atoms with Crippen molar-refractivity contribution in [3.05, 3.63) is 58.3 Å². The van der Waals surface area contributed by atoms with E-state index in [1.165, 1.54) is 9.14 Å². The molecule has 3 nitrogen and oxygen atoms in total. The third-order valence-electron chi connectivity index (χ3n) is 4.88. The van der Waals surface area contributed by atoms with E-state index in [0.717, 1.165) is 64.5 Å². The summed E-state index contributed by atoms with van der Waals surface area (Å²) in [6.07, 6.45) is 12.4. The van der Waals surface area contributed by atoms with Crippen LogP contribution in [0.3, 0.4) is 0 Å². The molecule has 1 atom stereocenters. The Labute approximate surface area is 178 Å². The van der Waals surface area contributed by atoms with Crippen LogP contribution in [0.4, 0.5) is 0 Å². The van der Waals surface area contributed by atoms with E-state index >= 15 is 0 Å². The molecule has 4 heteroatoms. The summed E-state index contributed by atoms with van der Waals surface area (Å²) in [5, 5.41) is 0. The smallest absolute Gasteiger partial charge is 0.229 e. The molecular weight excluding hydrogens is 449 g/mol. The van der Waals surface area contributed by atoms with E-state index in [4.69, 9.17) is 4.74 Å². The van der Waals surface area contributed by atoms with Gasteiger partial charge in [-0.3, -0.25) is 4.79 Å². The van der Waals surface area contributed by atoms with E-state index in [1.807, 2.05) is 29.2 Å². The lowest BCUT2D eigenvalue weighted by Crippen LogP contribution is -2.36. The molecule has 148 valence electrons. The summed E-state index contributed by atoms with van der Waals surface area (Å²) in [5.41, 5.74) is 1.22. The molecule has 1 unspecified atom stereocenters. The van der Waals surface area contributed by atoms with Crippen molar-refractivity contribution in [1.29, 1.82) is 0 Å². The van der Waals surface area contributed by atoms with Gasteiger partial charge in [0.1, 0.15) is 0 Å². The average molecular weight is 481 g/mol. The predicted octanol–water partition coefficient (Wildman–Crippen LogP) is 6.24. The van der Waals surface area contributed by atoms with Gasteiger partial charge in [0.25, 0.3) is 0 Å². The van der Waals surface area contributed by atoms with Crippen molar-refractivity contribution in [2.45, 2.75) is 58.0 Å². The standard InChI is InChI=1S/C23H32INO2/c1-2-3-4-9-14-21-17-22(24)18-25(23(21)26)15-10-6-11-16-27-19-20-12-7-5-8-13-20/h2,5,7-8,12-13,18,21H,1,3-4,6,9-11,14-17,19H2. The summed E-state index contributed by atoms with van der Waals surface area (Å²) in [7, 11) is 0. The third kappa shape index (κ3) is 8.60. The highest BCUT2D eigenvalue weighted by molar-refractivity contribution is 14.1. The fraction of sp³-hybridized carbons (Fsp3) is 0.522. The Morgan fingerprint density at radius 2 is 1.96 bits per heavy atom. The number of unbranched alkanes of at least 4 members (excludes halogenated alkanes) is 4. The van der Waals surface area contributed by atoms with Gasteiger partial charge in [0, 0.05) is 28.8 Å². The molecule has 1 heterocycles. The zero-order valence-electron chi connectivity index (χ0n) is 16.2. The zero-order chi connectivity index (χ0) is 19.3. The molecule has 1 aromatic rings. The summed E-state index contributed by atoms with van der Waals surface area (Å²) in [4.78, 5) is 14.6. The summed E-state index contributed by atoms with van der Waals surface area (Å²) >= 11 is 2.38. The molecular formula is C23H32INO2. The number of nitrogens with zero attached hydrogens (tertiary/aromatic N) is 1. The van der Waals surface area contributed by atoms with Gasteiger partial charge in [-0.1, -0.05) is 42.8 Å². The molecule has 2 rings (SSSR count). The van der Waals surface area contributed by atoms with Gasteiger partial charge < -0.3 is 9.64 Å². The van der Waals surface area contributed by atoms with Crippen LogP contribution in [0, 0.1) is 5.92 Å². The highest BCUT2D eigenvalue weighted by Gasteiger charge is 2.27. The minimum absolute atomic E-state index is 0.168. The largest absolute Gasteiger partial charge is 0.377 e. The highest BCUT2D eigenvalue weighted by atomic mass is 127. The number of carbonyl (C=O) groups excluding carboxylic acids is 1. The van der Waals surface area contributed by atoms with Gasteiger partial charge >= 0.3 is 0 Å². The van der Waals surface area contributed by atoms with Gasteiger partial charge in [-0.15, -0.1) is 6.58 Å². The molecule has 0 saturated heterocycles. The van der Waals surface area contributed by atoms with Crippen LogP contribution < -0.4 is 0 Å². The van der Waals surface area contributed by atoms with Gasteiger partial charge in [0.15, 0.2) is 0 Å². The van der Waals surface area contributed by atoms with Crippen LogP contribution in [0.5, 0.6) is 0 Å². The third-order valence-corrected chi connectivity index (χ3v) is 5.60. The van der Waals surface area contributed by atoms with E-state index in [0.29, 0.717) is 12.5 Å². The average Bonchev–Trinajstić information content (AvgIpc) is 2.68. The van der Waals surface area contributed by atoms with Gasteiger partial charge in [-0.05, 0) is 73.1 Å². The molecule has 0 aliphatic carbocycles. The SMILES string of the molecule is C=CCCCCC1CC(I)=CN(CCCCCOCc2ccccc2)C1=O. The quantitative estimate of drug-likeness (QED) is 0.190. The predicted molar refractivity (Wildman–Crippen MR) is 121 cm³/mol. The Balaban J connectivity index is 1.60. The van der Waals surface area contributed by atoms with Crippen LogP contribution in [-0.4, -0.2) is 24.0 Å². The topological polar surface area (TPSA) is 29.5 Å². The lowest BCUT2D eigenvalue weighted by Gasteiger charge is -2.29. The van der Waals surface area contributed by atoms with Gasteiger partial charge in [0.05, 0.1) is 6.61 Å². The molecule has 0 fully saturated rings. The van der Waals surface area contributed by atoms with Gasteiger partial charge in [-0.2, -0.15) is 0 Å². The summed E-state index contributed by atoms with van der Waals surface area (Å²) in [5.74, 6) is 0.482. The molecule has 0 radical (unpaired) electrons. The van der Waals surface area contributed by atoms with E-state index in [2.05, 4.69) is 47.5 Å². The van der Waals surface area contributed by atoms with Crippen molar-refractivity contribution in [3.63, 3.8) is 0 Å². The maximum atomic E-state index is 12.7. The summed E-state index contributed by atoms with van der Waals surface area (Å²) in [6, 6.07) is 10.3. The second kappa shape index (κ2) is 13.1. The van der Waals surface area contributed by atoms with Crippen LogP contribution in [0.15, 0.2) is 52.8 Å². The molecule has 1 aliphatic heterocycles. The normalized spacial score (nSPS) is 17.1. The van der Waals surface area contributed by atoms with Gasteiger partial charge in [-0.25, -0.2) is 0 Å². The number of hydrogen-bond donors (Lipinski definition) is 0. The Hall–Kier alpha value is -1.14. The van der Waals surface area contributed by atoms with Crippen LogP contribution in [0.2, 0.25) is 0 Å². The van der Waals surface area contributed by atoms with Crippen molar-refractivity contribution in [2.75, 3.05) is 13.2 Å². The van der Waals surface area contributed by atoms with Crippen molar-refractivity contribution in [2.24, 2.45) is 5.92 Å². The highest BCUT2D eigenvalue weighted by Crippen LogP contribution is 2.30. The number of allylic oxidation sites excluding steroid dienone is 2. The monoisotopic (exact) mass is 481 g/mol. The fourth-order valence-electron chi connectivity index (χ4n) is 3.35. The van der Waals surface area contributed by atoms with Crippen LogP contribution in [0.25, 0.3) is 0 Å². The number of ether oxygens (including phenoxy) is 1. The number of halogens is 1. The minimum atomic E-state index is 0.168. The lowest BCUT2D eigenvalue weighted by molar-refractivity contribution is -0.133. The Kier molecular flexibility index (Phi) is 10.8. The summed E-state index contributed by atoms with van der Waals surface area (Å²) < 4.78 is 7.03. The maximum Gasteiger partial charge on any atom is 0.229 e. The molecule has 27 heavy (non-hydrogen) atoms.